The van der Waals surface area contributed by atoms with Crippen LogP contribution in [0.25, 0.3) is 0 Å². The molecule has 0 aromatic carbocycles. The van der Waals surface area contributed by atoms with Gasteiger partial charge in [0, 0.05) is 6.04 Å². The summed E-state index contributed by atoms with van der Waals surface area (Å²) >= 11 is 4.85. The van der Waals surface area contributed by atoms with Crippen molar-refractivity contribution in [2.24, 2.45) is 0 Å². The first kappa shape index (κ1) is 9.65. The van der Waals surface area contributed by atoms with Gasteiger partial charge in [0.1, 0.15) is 0 Å². The van der Waals surface area contributed by atoms with Gasteiger partial charge in [-0.2, -0.15) is 0 Å². The van der Waals surface area contributed by atoms with Crippen LogP contribution < -0.4 is 10.8 Å². The van der Waals surface area contributed by atoms with E-state index in [4.69, 9.17) is 17.1 Å². The number of thiocarbonyl (C=S) groups is 1. The molecular weight excluding hydrogens is 148 g/mol. The number of hydrogen-bond donors (Lipinski definition) is 2. The number of hydrogen-bond acceptors (Lipinski definition) is 2. The average molecular weight is 162 g/mol. The maximum absolute atomic E-state index is 4.85. The van der Waals surface area contributed by atoms with E-state index in [2.05, 4.69) is 10.8 Å². The monoisotopic (exact) mass is 162 g/mol. The van der Waals surface area contributed by atoms with E-state index in [9.17, 15) is 0 Å². The van der Waals surface area contributed by atoms with Crippen LogP contribution >= 0.6 is 12.2 Å². The van der Waals surface area contributed by atoms with Crippen molar-refractivity contribution in [1.29, 1.82) is 0 Å². The second-order valence-electron chi connectivity index (χ2n) is 2.16. The Morgan fingerprint density at radius 3 is 2.60 bits per heavy atom. The lowest BCUT2D eigenvalue weighted by Gasteiger charge is -2.11. The van der Waals surface area contributed by atoms with Gasteiger partial charge in [-0.25, -0.2) is 5.48 Å². The Balaban J connectivity index is 3.26. The van der Waals surface area contributed by atoms with Crippen molar-refractivity contribution in [1.82, 2.24) is 10.8 Å². The minimum atomic E-state index is 0.348. The van der Waals surface area contributed by atoms with Crippen molar-refractivity contribution in [3.63, 3.8) is 0 Å². The smallest absolute Gasteiger partial charge is 0.190 e. The summed E-state index contributed by atoms with van der Waals surface area (Å²) in [6.07, 6.45) is 0. The summed E-state index contributed by atoms with van der Waals surface area (Å²) in [5, 5.41) is 3.51. The third-order valence-electron chi connectivity index (χ3n) is 0.729. The minimum absolute atomic E-state index is 0.348. The molecule has 0 aliphatic rings. The van der Waals surface area contributed by atoms with Gasteiger partial charge in [-0.15, -0.1) is 0 Å². The third kappa shape index (κ3) is 5.78. The molecule has 0 spiro atoms. The second kappa shape index (κ2) is 5.44. The van der Waals surface area contributed by atoms with E-state index >= 15 is 0 Å². The Bertz CT molecular complexity index is 106. The molecule has 0 amide bonds. The Hall–Kier alpha value is -0.350. The summed E-state index contributed by atoms with van der Waals surface area (Å²) < 4.78 is 0. The molecule has 10 heavy (non-hydrogen) atoms. The predicted molar refractivity (Wildman–Crippen MR) is 45.6 cm³/mol. The minimum Gasteiger partial charge on any atom is -0.359 e. The van der Waals surface area contributed by atoms with Crippen LogP contribution in [0.2, 0.25) is 0 Å². The molecule has 0 unspecified atom stereocenters. The molecule has 0 aromatic heterocycles. The highest BCUT2D eigenvalue weighted by molar-refractivity contribution is 7.80. The molecule has 0 fully saturated rings. The fraction of sp³-hybridized carbons (Fsp3) is 0.833. The third-order valence-corrected chi connectivity index (χ3v) is 0.930. The fourth-order valence-corrected chi connectivity index (χ4v) is 0.724. The van der Waals surface area contributed by atoms with Crippen LogP contribution in [0.3, 0.4) is 0 Å². The van der Waals surface area contributed by atoms with Gasteiger partial charge in [0.05, 0.1) is 6.61 Å². The molecule has 0 saturated heterocycles. The SMILES string of the molecule is CCONC(=S)NC(C)C. The molecule has 0 atom stereocenters. The first-order valence-corrected chi connectivity index (χ1v) is 3.76. The van der Waals surface area contributed by atoms with Gasteiger partial charge in [0.15, 0.2) is 5.11 Å². The predicted octanol–water partition coefficient (Wildman–Crippen LogP) is 0.810. The van der Waals surface area contributed by atoms with E-state index in [0.29, 0.717) is 17.8 Å². The van der Waals surface area contributed by atoms with Crippen LogP contribution in [-0.4, -0.2) is 17.8 Å². The molecule has 0 rings (SSSR count). The lowest BCUT2D eigenvalue weighted by Crippen LogP contribution is -2.39. The van der Waals surface area contributed by atoms with Crippen molar-refractivity contribution in [3.05, 3.63) is 0 Å². The number of rotatable bonds is 3. The van der Waals surface area contributed by atoms with Crippen LogP contribution in [0.5, 0.6) is 0 Å². The molecule has 4 heteroatoms. The molecule has 0 aliphatic carbocycles. The zero-order valence-electron chi connectivity index (χ0n) is 6.60. The fourth-order valence-electron chi connectivity index (χ4n) is 0.429. The first-order chi connectivity index (χ1) is 4.66. The van der Waals surface area contributed by atoms with Gasteiger partial charge < -0.3 is 5.32 Å². The van der Waals surface area contributed by atoms with E-state index in [1.165, 1.54) is 0 Å². The highest BCUT2D eigenvalue weighted by Crippen LogP contribution is 1.76. The van der Waals surface area contributed by atoms with Crippen LogP contribution in [0.4, 0.5) is 0 Å². The van der Waals surface area contributed by atoms with Gasteiger partial charge in [0.2, 0.25) is 0 Å². The summed E-state index contributed by atoms with van der Waals surface area (Å²) in [6.45, 7) is 6.53. The number of nitrogens with one attached hydrogen (secondary N) is 2. The summed E-state index contributed by atoms with van der Waals surface area (Å²) in [6, 6.07) is 0.348. The Morgan fingerprint density at radius 1 is 1.60 bits per heavy atom. The molecule has 2 N–H and O–H groups in total. The summed E-state index contributed by atoms with van der Waals surface area (Å²) in [5.74, 6) is 0. The quantitative estimate of drug-likeness (QED) is 0.475. The van der Waals surface area contributed by atoms with E-state index in [1.807, 2.05) is 20.8 Å². The average Bonchev–Trinajstić information content (AvgIpc) is 1.82. The highest BCUT2D eigenvalue weighted by Gasteiger charge is 1.95. The van der Waals surface area contributed by atoms with Crippen LogP contribution in [0, 0.1) is 0 Å². The van der Waals surface area contributed by atoms with Gasteiger partial charge in [-0.3, -0.25) is 4.84 Å². The molecular formula is C6H14N2OS. The maximum Gasteiger partial charge on any atom is 0.190 e. The lowest BCUT2D eigenvalue weighted by atomic mass is 10.4. The molecule has 3 nitrogen and oxygen atoms in total. The summed E-state index contributed by atoms with van der Waals surface area (Å²) in [4.78, 5) is 4.84. The Kier molecular flexibility index (Phi) is 5.25. The summed E-state index contributed by atoms with van der Waals surface area (Å²) in [5.41, 5.74) is 2.58. The van der Waals surface area contributed by atoms with Crippen molar-refractivity contribution >= 4 is 17.3 Å². The maximum atomic E-state index is 4.85. The highest BCUT2D eigenvalue weighted by atomic mass is 32.1. The lowest BCUT2D eigenvalue weighted by molar-refractivity contribution is 0.0958. The Morgan fingerprint density at radius 2 is 2.20 bits per heavy atom. The van der Waals surface area contributed by atoms with Gasteiger partial charge >= 0.3 is 0 Å². The van der Waals surface area contributed by atoms with Crippen molar-refractivity contribution < 1.29 is 4.84 Å². The van der Waals surface area contributed by atoms with E-state index in [1.54, 1.807) is 0 Å². The molecule has 0 heterocycles. The van der Waals surface area contributed by atoms with Gasteiger partial charge in [-0.05, 0) is 33.0 Å². The Labute approximate surface area is 67.1 Å². The van der Waals surface area contributed by atoms with Crippen LogP contribution in [0.15, 0.2) is 0 Å². The summed E-state index contributed by atoms with van der Waals surface area (Å²) in [7, 11) is 0. The standard InChI is InChI=1S/C6H14N2OS/c1-4-9-8-6(10)7-5(2)3/h5H,4H2,1-3H3,(H2,7,8,10). The number of hydroxylamine groups is 1. The molecule has 0 aliphatic heterocycles. The first-order valence-electron chi connectivity index (χ1n) is 3.35. The zero-order chi connectivity index (χ0) is 7.98. The second-order valence-corrected chi connectivity index (χ2v) is 2.57. The van der Waals surface area contributed by atoms with Crippen LogP contribution in [-0.2, 0) is 4.84 Å². The van der Waals surface area contributed by atoms with E-state index in [0.717, 1.165) is 0 Å². The molecule has 0 bridgehead atoms. The van der Waals surface area contributed by atoms with E-state index < -0.39 is 0 Å². The molecule has 0 saturated carbocycles. The van der Waals surface area contributed by atoms with Crippen LogP contribution in [0.1, 0.15) is 20.8 Å². The van der Waals surface area contributed by atoms with E-state index in [-0.39, 0.29) is 0 Å². The largest absolute Gasteiger partial charge is 0.359 e. The zero-order valence-corrected chi connectivity index (χ0v) is 7.42. The van der Waals surface area contributed by atoms with Crippen molar-refractivity contribution in [3.8, 4) is 0 Å². The van der Waals surface area contributed by atoms with Gasteiger partial charge in [-0.1, -0.05) is 0 Å². The van der Waals surface area contributed by atoms with Crippen molar-refractivity contribution in [2.45, 2.75) is 26.8 Å². The molecule has 60 valence electrons. The molecule has 0 radical (unpaired) electrons. The topological polar surface area (TPSA) is 33.3 Å². The van der Waals surface area contributed by atoms with Crippen molar-refractivity contribution in [2.75, 3.05) is 6.61 Å². The molecule has 0 aromatic rings. The van der Waals surface area contributed by atoms with Gasteiger partial charge in [0.25, 0.3) is 0 Å². The normalized spacial score (nSPS) is 9.60.